The van der Waals surface area contributed by atoms with E-state index < -0.39 is 0 Å². The number of aromatic nitrogens is 4. The Kier molecular flexibility index (Phi) is 6.88. The number of rotatable bonds is 8. The summed E-state index contributed by atoms with van der Waals surface area (Å²) in [4.78, 5) is 6.85. The van der Waals surface area contributed by atoms with E-state index in [9.17, 15) is 4.39 Å². The molecule has 0 radical (unpaired) electrons. The number of thioether (sulfide) groups is 1. The molecular formula is C23H24FN5OS2. The van der Waals surface area contributed by atoms with Crippen LogP contribution < -0.4 is 4.74 Å². The van der Waals surface area contributed by atoms with Gasteiger partial charge in [-0.25, -0.2) is 9.37 Å². The summed E-state index contributed by atoms with van der Waals surface area (Å²) in [6.45, 7) is 2.07. The predicted molar refractivity (Wildman–Crippen MR) is 127 cm³/mol. The third kappa shape index (κ3) is 4.85. The molecule has 0 spiro atoms. The molecule has 2 heterocycles. The molecule has 4 aromatic rings. The van der Waals surface area contributed by atoms with E-state index in [-0.39, 0.29) is 11.9 Å². The molecule has 1 atom stereocenters. The molecule has 0 aliphatic heterocycles. The van der Waals surface area contributed by atoms with Gasteiger partial charge in [0.2, 0.25) is 0 Å². The molecule has 0 N–H and O–H groups in total. The second kappa shape index (κ2) is 9.81. The van der Waals surface area contributed by atoms with E-state index in [4.69, 9.17) is 9.72 Å². The highest BCUT2D eigenvalue weighted by Gasteiger charge is 2.21. The van der Waals surface area contributed by atoms with Gasteiger partial charge in [0.05, 0.1) is 18.8 Å². The molecule has 2 aromatic heterocycles. The first-order valence-electron chi connectivity index (χ1n) is 10.1. The minimum atomic E-state index is -0.272. The van der Waals surface area contributed by atoms with Crippen molar-refractivity contribution in [3.05, 3.63) is 71.2 Å². The largest absolute Gasteiger partial charge is 0.497 e. The Hall–Kier alpha value is -2.75. The lowest BCUT2D eigenvalue weighted by molar-refractivity contribution is 0.305. The third-order valence-corrected chi connectivity index (χ3v) is 7.01. The van der Waals surface area contributed by atoms with Crippen molar-refractivity contribution >= 4 is 23.1 Å². The van der Waals surface area contributed by atoms with Gasteiger partial charge < -0.3 is 4.74 Å². The Morgan fingerprint density at radius 3 is 2.66 bits per heavy atom. The zero-order valence-electron chi connectivity index (χ0n) is 18.3. The highest BCUT2D eigenvalue weighted by atomic mass is 32.2. The maximum Gasteiger partial charge on any atom is 0.196 e. The van der Waals surface area contributed by atoms with Gasteiger partial charge in [-0.3, -0.25) is 9.47 Å². The fourth-order valence-corrected chi connectivity index (χ4v) is 4.88. The molecule has 0 amide bonds. The van der Waals surface area contributed by atoms with Crippen LogP contribution in [0.3, 0.4) is 0 Å². The van der Waals surface area contributed by atoms with Gasteiger partial charge >= 0.3 is 0 Å². The molecule has 0 saturated carbocycles. The molecule has 9 heteroatoms. The van der Waals surface area contributed by atoms with Crippen LogP contribution in [0.25, 0.3) is 16.3 Å². The highest BCUT2D eigenvalue weighted by molar-refractivity contribution is 7.98. The van der Waals surface area contributed by atoms with Crippen molar-refractivity contribution in [3.63, 3.8) is 0 Å². The zero-order chi connectivity index (χ0) is 22.7. The second-order valence-corrected chi connectivity index (χ2v) is 9.26. The standard InChI is InChI=1S/C23H24FN5OS2/c1-15(28(2)3)21-26-27-23(29(21)19-10-8-17(24)9-11-19)32-14-18-13-31-22(25-18)16-6-5-7-20(12-16)30-4/h5-13,15H,14H2,1-4H3/t15-/m1/s1. The van der Waals surface area contributed by atoms with Gasteiger partial charge in [-0.05, 0) is 57.4 Å². The number of nitrogens with zero attached hydrogens (tertiary/aromatic N) is 5. The van der Waals surface area contributed by atoms with Crippen LogP contribution >= 0.6 is 23.1 Å². The molecule has 32 heavy (non-hydrogen) atoms. The van der Waals surface area contributed by atoms with Crippen molar-refractivity contribution in [2.45, 2.75) is 23.9 Å². The van der Waals surface area contributed by atoms with Gasteiger partial charge in [0.15, 0.2) is 11.0 Å². The normalized spacial score (nSPS) is 12.3. The molecule has 0 bridgehead atoms. The summed E-state index contributed by atoms with van der Waals surface area (Å²) in [6.07, 6.45) is 0. The number of thiazole rings is 1. The van der Waals surface area contributed by atoms with Crippen molar-refractivity contribution in [1.82, 2.24) is 24.6 Å². The average Bonchev–Trinajstić information content (AvgIpc) is 3.45. The Labute approximate surface area is 195 Å². The molecule has 166 valence electrons. The Morgan fingerprint density at radius 1 is 1.16 bits per heavy atom. The van der Waals surface area contributed by atoms with Crippen molar-refractivity contribution in [2.75, 3.05) is 21.2 Å². The smallest absolute Gasteiger partial charge is 0.196 e. The number of methoxy groups -OCH3 is 1. The first-order valence-corrected chi connectivity index (χ1v) is 11.9. The quantitative estimate of drug-likeness (QED) is 0.320. The van der Waals surface area contributed by atoms with Gasteiger partial charge in [0, 0.05) is 22.4 Å². The molecule has 4 rings (SSSR count). The Morgan fingerprint density at radius 2 is 1.94 bits per heavy atom. The molecule has 0 saturated heterocycles. The summed E-state index contributed by atoms with van der Waals surface area (Å²) in [5.74, 6) is 1.99. The first-order chi connectivity index (χ1) is 15.5. The van der Waals surface area contributed by atoms with E-state index in [1.165, 1.54) is 12.1 Å². The van der Waals surface area contributed by atoms with E-state index in [2.05, 4.69) is 27.4 Å². The van der Waals surface area contributed by atoms with E-state index in [1.54, 1.807) is 42.3 Å². The predicted octanol–water partition coefficient (Wildman–Crippen LogP) is 5.45. The van der Waals surface area contributed by atoms with Crippen LogP contribution in [0.15, 0.2) is 59.1 Å². The number of hydrogen-bond donors (Lipinski definition) is 0. The summed E-state index contributed by atoms with van der Waals surface area (Å²) in [5, 5.41) is 12.6. The molecule has 0 aliphatic rings. The molecular weight excluding hydrogens is 445 g/mol. The van der Waals surface area contributed by atoms with Gasteiger partial charge in [0.1, 0.15) is 16.6 Å². The minimum absolute atomic E-state index is 0.0424. The fraction of sp³-hybridized carbons (Fsp3) is 0.261. The first kappa shape index (κ1) is 22.4. The third-order valence-electron chi connectivity index (χ3n) is 5.11. The number of halogens is 1. The average molecular weight is 470 g/mol. The van der Waals surface area contributed by atoms with Crippen molar-refractivity contribution in [2.24, 2.45) is 0 Å². The maximum absolute atomic E-state index is 13.5. The second-order valence-electron chi connectivity index (χ2n) is 7.46. The molecule has 0 fully saturated rings. The van der Waals surface area contributed by atoms with Crippen molar-refractivity contribution in [1.29, 1.82) is 0 Å². The van der Waals surface area contributed by atoms with Crippen LogP contribution in [0.5, 0.6) is 5.75 Å². The number of ether oxygens (including phenoxy) is 1. The summed E-state index contributed by atoms with van der Waals surface area (Å²) < 4.78 is 20.8. The lowest BCUT2D eigenvalue weighted by Gasteiger charge is -2.20. The van der Waals surface area contributed by atoms with Crippen LogP contribution in [-0.4, -0.2) is 45.9 Å². The fourth-order valence-electron chi connectivity index (χ4n) is 3.11. The Bertz CT molecular complexity index is 1190. The van der Waals surface area contributed by atoms with Gasteiger partial charge in [0.25, 0.3) is 0 Å². The van der Waals surface area contributed by atoms with Gasteiger partial charge in [-0.15, -0.1) is 21.5 Å². The number of benzene rings is 2. The van der Waals surface area contributed by atoms with Crippen molar-refractivity contribution in [3.8, 4) is 22.0 Å². The van der Waals surface area contributed by atoms with E-state index in [0.29, 0.717) is 5.75 Å². The van der Waals surface area contributed by atoms with Crippen LogP contribution in [0.4, 0.5) is 4.39 Å². The summed E-state index contributed by atoms with van der Waals surface area (Å²) in [6, 6.07) is 14.3. The van der Waals surface area contributed by atoms with Crippen LogP contribution in [0.2, 0.25) is 0 Å². The lowest BCUT2D eigenvalue weighted by Crippen LogP contribution is -2.20. The Balaban J connectivity index is 1.58. The molecule has 6 nitrogen and oxygen atoms in total. The van der Waals surface area contributed by atoms with Crippen LogP contribution in [0.1, 0.15) is 24.5 Å². The highest BCUT2D eigenvalue weighted by Crippen LogP contribution is 2.31. The van der Waals surface area contributed by atoms with E-state index in [1.807, 2.05) is 42.9 Å². The monoisotopic (exact) mass is 469 g/mol. The minimum Gasteiger partial charge on any atom is -0.497 e. The summed E-state index contributed by atoms with van der Waals surface area (Å²) in [5.41, 5.74) is 2.83. The van der Waals surface area contributed by atoms with Crippen LogP contribution in [0, 0.1) is 5.82 Å². The van der Waals surface area contributed by atoms with Gasteiger partial charge in [-0.1, -0.05) is 23.9 Å². The summed E-state index contributed by atoms with van der Waals surface area (Å²) in [7, 11) is 5.65. The van der Waals surface area contributed by atoms with E-state index in [0.717, 1.165) is 38.7 Å². The lowest BCUT2D eigenvalue weighted by atomic mass is 10.2. The van der Waals surface area contributed by atoms with E-state index >= 15 is 0 Å². The molecule has 0 aliphatic carbocycles. The zero-order valence-corrected chi connectivity index (χ0v) is 20.0. The molecule has 0 unspecified atom stereocenters. The van der Waals surface area contributed by atoms with Crippen molar-refractivity contribution < 1.29 is 9.13 Å². The van der Waals surface area contributed by atoms with Gasteiger partial charge in [-0.2, -0.15) is 0 Å². The molecule has 2 aromatic carbocycles. The van der Waals surface area contributed by atoms with Crippen LogP contribution in [-0.2, 0) is 5.75 Å². The topological polar surface area (TPSA) is 56.1 Å². The summed E-state index contributed by atoms with van der Waals surface area (Å²) >= 11 is 3.16. The number of hydrogen-bond acceptors (Lipinski definition) is 7. The SMILES string of the molecule is COc1cccc(-c2nc(CSc3nnc([C@@H](C)N(C)C)n3-c3ccc(F)cc3)cs2)c1. The maximum atomic E-state index is 13.5.